The van der Waals surface area contributed by atoms with Crippen molar-refractivity contribution in [2.45, 2.75) is 152 Å². The van der Waals surface area contributed by atoms with E-state index in [1.54, 1.807) is 0 Å². The summed E-state index contributed by atoms with van der Waals surface area (Å²) < 4.78 is 93.2. The molecule has 3 unspecified atom stereocenters. The first-order valence-corrected chi connectivity index (χ1v) is 45.3. The molecule has 38 heteroatoms. The largest absolute Gasteiger partial charge is 0.393 e. The molecular weight excluding hydrogens is 1630 g/mol. The monoisotopic (exact) mass is 1720 g/mol. The molecule has 116 heavy (non-hydrogen) atoms. The molecular formula is C78H89ClN14O17S6. The van der Waals surface area contributed by atoms with Gasteiger partial charge in [0.2, 0.25) is 17.3 Å². The van der Waals surface area contributed by atoms with Gasteiger partial charge in [0.25, 0.3) is 0 Å². The highest BCUT2D eigenvalue weighted by molar-refractivity contribution is 7.84. The van der Waals surface area contributed by atoms with E-state index in [4.69, 9.17) is 41.5 Å². The minimum absolute atomic E-state index is 0.189. The summed E-state index contributed by atoms with van der Waals surface area (Å²) in [5.41, 5.74) is 12.1. The molecule has 31 nitrogen and oxygen atoms in total. The van der Waals surface area contributed by atoms with E-state index in [1.165, 1.54) is 107 Å². The first kappa shape index (κ1) is 84.3. The Hall–Kier alpha value is -8.16. The van der Waals surface area contributed by atoms with Crippen molar-refractivity contribution in [3.8, 4) is 0 Å². The molecule has 3 saturated carbocycles. The van der Waals surface area contributed by atoms with Gasteiger partial charge < -0.3 is 45.6 Å². The number of benzene rings is 2. The molecule has 7 aliphatic rings. The maximum atomic E-state index is 13.8. The number of carbonyl (C=O) groups is 3. The molecule has 4 aliphatic carbocycles. The zero-order chi connectivity index (χ0) is 81.9. The molecule has 4 fully saturated rings. The molecule has 0 bridgehead atoms. The molecule has 3 aliphatic heterocycles. The normalized spacial score (nSPS) is 23.7. The van der Waals surface area contributed by atoms with E-state index in [1.807, 2.05) is 49.6 Å². The number of ketones is 3. The predicted molar refractivity (Wildman–Crippen MR) is 436 cm³/mol. The topological polar surface area (TPSA) is 468 Å². The van der Waals surface area contributed by atoms with E-state index in [9.17, 15) is 55.0 Å². The number of anilines is 4. The van der Waals surface area contributed by atoms with Gasteiger partial charge in [-0.05, 0) is 179 Å². The van der Waals surface area contributed by atoms with Crippen molar-refractivity contribution in [2.75, 3.05) is 67.0 Å². The van der Waals surface area contributed by atoms with Crippen molar-refractivity contribution >= 4 is 117 Å². The first-order chi connectivity index (χ1) is 55.4. The molecule has 2 aromatic carbocycles. The van der Waals surface area contributed by atoms with E-state index in [0.717, 1.165) is 87.9 Å². The summed E-state index contributed by atoms with van der Waals surface area (Å²) in [6.07, 6.45) is 13.9. The Bertz CT molecular complexity index is 5480. The van der Waals surface area contributed by atoms with Gasteiger partial charge in [-0.15, -0.1) is 34.0 Å². The van der Waals surface area contributed by atoms with Crippen LogP contribution in [0.15, 0.2) is 110 Å². The molecule has 0 radical (unpaired) electrons. The summed E-state index contributed by atoms with van der Waals surface area (Å²) in [5, 5.41) is 58.3. The van der Waals surface area contributed by atoms with Crippen LogP contribution in [0.4, 0.5) is 23.3 Å². The van der Waals surface area contributed by atoms with Gasteiger partial charge in [0.05, 0.1) is 88.4 Å². The number of aromatic nitrogens is 7. The lowest BCUT2D eigenvalue weighted by atomic mass is 9.91. The van der Waals surface area contributed by atoms with Crippen LogP contribution in [0.1, 0.15) is 187 Å². The third-order valence-corrected chi connectivity index (χ3v) is 26.8. The van der Waals surface area contributed by atoms with Crippen LogP contribution in [-0.4, -0.2) is 175 Å². The van der Waals surface area contributed by atoms with Gasteiger partial charge in [0, 0.05) is 93.8 Å². The van der Waals surface area contributed by atoms with Gasteiger partial charge in [0.15, 0.2) is 0 Å². The summed E-state index contributed by atoms with van der Waals surface area (Å²) in [4.78, 5) is 76.9. The lowest BCUT2D eigenvalue weighted by Gasteiger charge is -2.27. The third kappa shape index (κ3) is 20.4. The lowest BCUT2D eigenvalue weighted by molar-refractivity contribution is 0.0663. The van der Waals surface area contributed by atoms with E-state index in [0.29, 0.717) is 106 Å². The highest BCUT2D eigenvalue weighted by atomic mass is 35.5. The SMILES string of the molecule is Cc1ccc2c(c1)C(c1cc(C(=O)c3cncnc3N[C@@H]3C[C@H](COS(N)(=O)=O)[C@@H](O)C3)sc1C)OCC2.Cc1sc(C(=O)c2cncnc2N[C@@H]2C[C@H](COS(N)(=O)=O)[C@@H](O)C2)cc1C1OCCc2ccc(N3CCCC3)nc21.NS(=O)(=O)OC[C@H]1C[C@@H](Nc2ncncc2C(=O)c2cc(C3CCc4ccc(Cl)cc43)cs2)C[C@@H]1O. The molecule has 12 N–H and O–H groups in total. The van der Waals surface area contributed by atoms with Crippen LogP contribution >= 0.6 is 45.6 Å². The Labute approximate surface area is 688 Å². The van der Waals surface area contributed by atoms with Crippen LogP contribution < -0.4 is 36.3 Å². The number of hydrogen-bond acceptors (Lipinski definition) is 31. The average Bonchev–Trinajstić information content (AvgIpc) is 1.57. The maximum absolute atomic E-state index is 13.8. The summed E-state index contributed by atoms with van der Waals surface area (Å²) in [6.45, 7) is 8.62. The van der Waals surface area contributed by atoms with E-state index in [-0.39, 0.29) is 73.4 Å². The van der Waals surface area contributed by atoms with Crippen LogP contribution in [0.2, 0.25) is 5.02 Å². The molecule has 10 heterocycles. The van der Waals surface area contributed by atoms with Gasteiger partial charge in [-0.25, -0.2) is 50.3 Å². The van der Waals surface area contributed by atoms with E-state index < -0.39 is 67.0 Å². The number of aliphatic hydroxyl groups excluding tert-OH is 3. The van der Waals surface area contributed by atoms with Crippen LogP contribution in [0.3, 0.4) is 0 Å². The van der Waals surface area contributed by atoms with Crippen molar-refractivity contribution in [3.05, 3.63) is 212 Å². The second kappa shape index (κ2) is 36.2. The highest BCUT2D eigenvalue weighted by Gasteiger charge is 2.40. The van der Waals surface area contributed by atoms with Gasteiger partial charge in [-0.3, -0.25) is 26.9 Å². The van der Waals surface area contributed by atoms with Crippen LogP contribution in [0.25, 0.3) is 0 Å². The Morgan fingerprint density at radius 1 is 0.543 bits per heavy atom. The predicted octanol–water partition coefficient (Wildman–Crippen LogP) is 8.60. The van der Waals surface area contributed by atoms with Gasteiger partial charge >= 0.3 is 30.9 Å². The molecule has 9 aromatic rings. The fourth-order valence-corrected chi connectivity index (χ4v) is 20.5. The average molecular weight is 1720 g/mol. The quantitative estimate of drug-likeness (QED) is 0.0242. The number of aryl methyl sites for hydroxylation is 4. The number of halogens is 1. The number of ether oxygens (including phenoxy) is 2. The van der Waals surface area contributed by atoms with E-state index >= 15 is 0 Å². The van der Waals surface area contributed by atoms with Crippen molar-refractivity contribution in [1.82, 2.24) is 34.9 Å². The number of pyridine rings is 1. The zero-order valence-corrected chi connectivity index (χ0v) is 69.1. The number of carbonyl (C=O) groups excluding carboxylic acids is 3. The molecule has 0 amide bonds. The fourth-order valence-electron chi connectivity index (χ4n) is 16.3. The molecule has 0 spiro atoms. The molecule has 616 valence electrons. The number of fused-ring (bicyclic) bond motifs is 3. The van der Waals surface area contributed by atoms with Gasteiger partial charge in [-0.1, -0.05) is 47.5 Å². The summed E-state index contributed by atoms with van der Waals surface area (Å²) in [7, 11) is -12.3. The van der Waals surface area contributed by atoms with Crippen molar-refractivity contribution in [1.29, 1.82) is 0 Å². The summed E-state index contributed by atoms with van der Waals surface area (Å²) in [5.74, 6) is 0.376. The highest BCUT2D eigenvalue weighted by Crippen LogP contribution is 2.45. The standard InChI is InChI=1S/C28H34N6O6S2.C26H30N4O6S2.C24H25ClN4O5S2/c1-16-20(27-25-17(6-9-39-27)4-5-24(33-25)34-7-2-3-8-34)12-23(41-16)26(36)21-13-30-15-31-28(21)32-19-10-18(22(35)11-19)14-40-42(29,37)38;1-14-3-4-16-5-6-35-25(20(16)7-14)19-10-23(37-15(19)2)24(32)21-11-28-13-29-26(21)30-18-8-17(22(31)9-18)12-36-38(27,33)34;25-16-3-1-13-2-4-18(19(13)7-16)15-6-22(35-11-15)23(31)20-9-27-12-28-24(20)29-17-5-14(21(30)8-17)10-34-36(26,32)33/h4-5,12-13,15,18-19,22,27,35H,2-3,6-11,14H2,1H3,(H2,29,37,38)(H,30,31,32);3-4,7,10-11,13,17-18,22,25,31H,5-6,8-9,12H2,1-2H3,(H2,27,33,34)(H,28,29,30);1,3,6-7,9,11-12,14,17-18,21,30H,2,4-5,8,10H2,(H2,26,32,33)(H,27,28,29)/t18-,19-,22+,27?;17-,18-,22+,25?;14-,17-,18?,21+/m111/s1. The Morgan fingerprint density at radius 3 is 1.49 bits per heavy atom. The number of nitrogens with zero attached hydrogens (tertiary/aromatic N) is 8. The summed E-state index contributed by atoms with van der Waals surface area (Å²) >= 11 is 10.4. The van der Waals surface area contributed by atoms with Crippen molar-refractivity contribution in [2.24, 2.45) is 33.2 Å². The Morgan fingerprint density at radius 2 is 0.991 bits per heavy atom. The number of rotatable bonds is 25. The Balaban J connectivity index is 0.000000144. The minimum atomic E-state index is -4.10. The van der Waals surface area contributed by atoms with Crippen molar-refractivity contribution in [3.63, 3.8) is 0 Å². The Kier molecular flexibility index (Phi) is 26.3. The smallest absolute Gasteiger partial charge is 0.333 e. The minimum Gasteiger partial charge on any atom is -0.393 e. The summed E-state index contributed by atoms with van der Waals surface area (Å²) in [6, 6.07) is 21.7. The van der Waals surface area contributed by atoms with E-state index in [2.05, 4.69) is 107 Å². The van der Waals surface area contributed by atoms with Crippen LogP contribution in [0, 0.1) is 38.5 Å². The maximum Gasteiger partial charge on any atom is 0.333 e. The second-order valence-electron chi connectivity index (χ2n) is 30.1. The lowest BCUT2D eigenvalue weighted by Crippen LogP contribution is -2.24. The van der Waals surface area contributed by atoms with Crippen LogP contribution in [-0.2, 0) is 72.2 Å². The van der Waals surface area contributed by atoms with Crippen molar-refractivity contribution < 1.29 is 77.0 Å². The first-order valence-electron chi connectivity index (χ1n) is 38.0. The number of aliphatic hydroxyl groups is 3. The molecule has 1 saturated heterocycles. The molecule has 12 atom stereocenters. The number of nitrogens with one attached hydrogen (secondary N) is 3. The number of thiophene rings is 3. The van der Waals surface area contributed by atoms with Gasteiger partial charge in [-0.2, -0.15) is 25.3 Å². The third-order valence-electron chi connectivity index (χ3n) is 22.1. The second-order valence-corrected chi connectivity index (χ2v) is 37.7. The fraction of sp³-hybridized carbons (Fsp3) is 0.436. The van der Waals surface area contributed by atoms with Crippen LogP contribution in [0.5, 0.6) is 0 Å². The van der Waals surface area contributed by atoms with Gasteiger partial charge in [0.1, 0.15) is 54.5 Å². The number of nitrogens with two attached hydrogens (primary N) is 3. The molecule has 7 aromatic heterocycles. The number of hydrogen-bond donors (Lipinski definition) is 9. The molecule has 16 rings (SSSR count). The zero-order valence-electron chi connectivity index (χ0n) is 63.4.